The second kappa shape index (κ2) is 9.07. The van der Waals surface area contributed by atoms with E-state index in [1.165, 1.54) is 49.6 Å². The summed E-state index contributed by atoms with van der Waals surface area (Å²) in [5.41, 5.74) is -0.209. The smallest absolute Gasteiger partial charge is 0.450 e. The van der Waals surface area contributed by atoms with Crippen LogP contribution in [0.1, 0.15) is 16.2 Å². The first kappa shape index (κ1) is 24.0. The number of rotatable bonds is 4. The van der Waals surface area contributed by atoms with Crippen molar-refractivity contribution in [2.75, 3.05) is 12.4 Å². The van der Waals surface area contributed by atoms with E-state index in [9.17, 15) is 26.7 Å². The van der Waals surface area contributed by atoms with Gasteiger partial charge in [0.1, 0.15) is 22.9 Å². The molecule has 0 atom stereocenters. The molecule has 1 aromatic heterocycles. The summed E-state index contributed by atoms with van der Waals surface area (Å²) in [5.74, 6) is -3.87. The number of hydrogen-bond donors (Lipinski definition) is 1. The van der Waals surface area contributed by atoms with Crippen LogP contribution in [0.15, 0.2) is 60.7 Å². The molecule has 1 heterocycles. The molecule has 5 nitrogen and oxygen atoms in total. The molecular formula is C22H15ClF5N3O2. The molecule has 0 aliphatic carbocycles. The average Bonchev–Trinajstić information content (AvgIpc) is 3.13. The molecule has 0 aliphatic rings. The number of benzene rings is 3. The molecule has 0 radical (unpaired) electrons. The predicted molar refractivity (Wildman–Crippen MR) is 114 cm³/mol. The number of amides is 1. The van der Waals surface area contributed by atoms with Gasteiger partial charge in [0.2, 0.25) is 5.82 Å². The Morgan fingerprint density at radius 3 is 2.21 bits per heavy atom. The fraction of sp³-hybridized carbons (Fsp3) is 0.0909. The molecule has 0 saturated heterocycles. The summed E-state index contributed by atoms with van der Waals surface area (Å²) in [4.78, 5) is 15.9. The number of methoxy groups -OCH3 is 1. The molecule has 3 aromatic carbocycles. The van der Waals surface area contributed by atoms with Gasteiger partial charge < -0.3 is 10.1 Å². The number of ether oxygens (including phenoxy) is 1. The molecule has 0 aliphatic heterocycles. The molecule has 0 unspecified atom stereocenters. The van der Waals surface area contributed by atoms with Crippen molar-refractivity contribution in [3.05, 3.63) is 83.7 Å². The van der Waals surface area contributed by atoms with Crippen LogP contribution in [0.25, 0.3) is 16.7 Å². The van der Waals surface area contributed by atoms with Gasteiger partial charge in [-0.1, -0.05) is 6.07 Å². The Morgan fingerprint density at radius 1 is 1.00 bits per heavy atom. The number of alkyl halides is 3. The average molecular weight is 484 g/mol. The maximum atomic E-state index is 13.8. The largest absolute Gasteiger partial charge is 0.497 e. The number of carbonyl (C=O) groups is 1. The first-order chi connectivity index (χ1) is 15.2. The molecule has 4 rings (SSSR count). The van der Waals surface area contributed by atoms with Crippen LogP contribution < -0.4 is 10.1 Å². The molecule has 0 spiro atoms. The first-order valence-electron chi connectivity index (χ1n) is 9.18. The first-order valence-corrected chi connectivity index (χ1v) is 9.18. The van der Waals surface area contributed by atoms with Gasteiger partial charge in [-0.25, -0.2) is 13.8 Å². The van der Waals surface area contributed by atoms with Crippen LogP contribution in [0.5, 0.6) is 5.75 Å². The highest BCUT2D eigenvalue weighted by Crippen LogP contribution is 2.35. The number of carbonyl (C=O) groups excluding carboxylic acids is 1. The second-order valence-electron chi connectivity index (χ2n) is 6.72. The monoisotopic (exact) mass is 483 g/mol. The van der Waals surface area contributed by atoms with E-state index >= 15 is 0 Å². The number of aromatic nitrogens is 2. The zero-order valence-corrected chi connectivity index (χ0v) is 17.6. The van der Waals surface area contributed by atoms with Gasteiger partial charge in [0.15, 0.2) is 0 Å². The van der Waals surface area contributed by atoms with Crippen molar-refractivity contribution in [2.45, 2.75) is 6.18 Å². The van der Waals surface area contributed by atoms with Crippen molar-refractivity contribution >= 4 is 35.0 Å². The van der Waals surface area contributed by atoms with Crippen molar-refractivity contribution in [2.24, 2.45) is 0 Å². The highest BCUT2D eigenvalue weighted by atomic mass is 35.5. The third-order valence-electron chi connectivity index (χ3n) is 4.69. The lowest BCUT2D eigenvalue weighted by molar-refractivity contribution is -0.145. The van der Waals surface area contributed by atoms with Crippen LogP contribution >= 0.6 is 12.4 Å². The molecule has 0 bridgehead atoms. The standard InChI is InChI=1S/C22H14F5N3O2.ClH/c1-32-14-9-10-18-17(11-14)29-21(22(25,26)27)30(18)13-7-5-12(6-8-13)28-20(31)19-15(23)3-2-4-16(19)24;/h2-11H,1H3,(H,28,31);1H. The van der Waals surface area contributed by atoms with Crippen molar-refractivity contribution in [1.82, 2.24) is 9.55 Å². The number of fused-ring (bicyclic) bond motifs is 1. The highest BCUT2D eigenvalue weighted by Gasteiger charge is 2.38. The minimum atomic E-state index is -4.73. The third-order valence-corrected chi connectivity index (χ3v) is 4.69. The zero-order valence-electron chi connectivity index (χ0n) is 16.8. The van der Waals surface area contributed by atoms with Crippen LogP contribution in [0.3, 0.4) is 0 Å². The van der Waals surface area contributed by atoms with Crippen LogP contribution in [-0.2, 0) is 6.18 Å². The molecule has 172 valence electrons. The Morgan fingerprint density at radius 2 is 1.64 bits per heavy atom. The van der Waals surface area contributed by atoms with E-state index in [2.05, 4.69) is 10.3 Å². The van der Waals surface area contributed by atoms with E-state index in [0.717, 1.165) is 22.8 Å². The van der Waals surface area contributed by atoms with Crippen LogP contribution in [-0.4, -0.2) is 22.6 Å². The predicted octanol–water partition coefficient (Wildman–Crippen LogP) is 6.01. The normalized spacial score (nSPS) is 11.2. The van der Waals surface area contributed by atoms with Crippen molar-refractivity contribution in [3.8, 4) is 11.4 Å². The van der Waals surface area contributed by atoms with Crippen molar-refractivity contribution in [3.63, 3.8) is 0 Å². The summed E-state index contributed by atoms with van der Waals surface area (Å²) in [6, 6.07) is 12.7. The lowest BCUT2D eigenvalue weighted by Crippen LogP contribution is -2.16. The summed E-state index contributed by atoms with van der Waals surface area (Å²) in [7, 11) is 1.39. The van der Waals surface area contributed by atoms with Gasteiger partial charge in [-0.15, -0.1) is 12.4 Å². The molecule has 4 aromatic rings. The number of nitrogens with zero attached hydrogens (tertiary/aromatic N) is 2. The van der Waals surface area contributed by atoms with Gasteiger partial charge >= 0.3 is 6.18 Å². The van der Waals surface area contributed by atoms with Gasteiger partial charge in [0, 0.05) is 17.4 Å². The minimum absolute atomic E-state index is 0. The van der Waals surface area contributed by atoms with Crippen LogP contribution in [0.2, 0.25) is 0 Å². The van der Waals surface area contributed by atoms with Gasteiger partial charge in [0.05, 0.1) is 18.1 Å². The summed E-state index contributed by atoms with van der Waals surface area (Å²) in [6.07, 6.45) is -4.73. The quantitative estimate of drug-likeness (QED) is 0.362. The topological polar surface area (TPSA) is 56.1 Å². The second-order valence-corrected chi connectivity index (χ2v) is 6.72. The number of imidazole rings is 1. The SMILES string of the molecule is COc1ccc2c(c1)nc(C(F)(F)F)n2-c1ccc(NC(=O)c2c(F)cccc2F)cc1.Cl. The Hall–Kier alpha value is -3.66. The molecule has 11 heteroatoms. The fourth-order valence-electron chi connectivity index (χ4n) is 3.24. The summed E-state index contributed by atoms with van der Waals surface area (Å²) in [5, 5.41) is 2.33. The van der Waals surface area contributed by atoms with Gasteiger partial charge in [0.25, 0.3) is 5.91 Å². The summed E-state index contributed by atoms with van der Waals surface area (Å²) < 4.78 is 74.4. The number of anilines is 1. The van der Waals surface area contributed by atoms with Crippen LogP contribution in [0, 0.1) is 11.6 Å². The van der Waals surface area contributed by atoms with Gasteiger partial charge in [-0.2, -0.15) is 13.2 Å². The Kier molecular flexibility index (Phi) is 6.59. The number of hydrogen-bond acceptors (Lipinski definition) is 3. The lowest BCUT2D eigenvalue weighted by Gasteiger charge is -2.13. The van der Waals surface area contributed by atoms with Crippen molar-refractivity contribution < 1.29 is 31.5 Å². The fourth-order valence-corrected chi connectivity index (χ4v) is 3.24. The van der Waals surface area contributed by atoms with Crippen molar-refractivity contribution in [1.29, 1.82) is 0 Å². The molecule has 1 N–H and O–H groups in total. The highest BCUT2D eigenvalue weighted by molar-refractivity contribution is 6.04. The lowest BCUT2D eigenvalue weighted by atomic mass is 10.1. The zero-order chi connectivity index (χ0) is 23.0. The summed E-state index contributed by atoms with van der Waals surface area (Å²) >= 11 is 0. The Labute approximate surface area is 190 Å². The Bertz CT molecular complexity index is 1300. The third kappa shape index (κ3) is 4.61. The van der Waals surface area contributed by atoms with E-state index in [4.69, 9.17) is 4.74 Å². The van der Waals surface area contributed by atoms with E-state index in [1.807, 2.05) is 0 Å². The van der Waals surface area contributed by atoms with Crippen LogP contribution in [0.4, 0.5) is 27.6 Å². The molecule has 33 heavy (non-hydrogen) atoms. The maximum Gasteiger partial charge on any atom is 0.450 e. The molecule has 1 amide bonds. The molecule has 0 fully saturated rings. The molecule has 0 saturated carbocycles. The Balaban J connectivity index is 0.00000306. The summed E-state index contributed by atoms with van der Waals surface area (Å²) in [6.45, 7) is 0. The number of nitrogens with one attached hydrogen (secondary N) is 1. The van der Waals surface area contributed by atoms with Gasteiger partial charge in [-0.05, 0) is 48.5 Å². The van der Waals surface area contributed by atoms with E-state index < -0.39 is 35.1 Å². The van der Waals surface area contributed by atoms with Gasteiger partial charge in [-0.3, -0.25) is 9.36 Å². The van der Waals surface area contributed by atoms with E-state index in [-0.39, 0.29) is 34.8 Å². The van der Waals surface area contributed by atoms with E-state index in [0.29, 0.717) is 5.75 Å². The van der Waals surface area contributed by atoms with E-state index in [1.54, 1.807) is 0 Å². The number of halogens is 6. The maximum absolute atomic E-state index is 13.8. The molecular weight excluding hydrogens is 469 g/mol. The minimum Gasteiger partial charge on any atom is -0.497 e.